The summed E-state index contributed by atoms with van der Waals surface area (Å²) in [7, 11) is 0. The number of nitrogens with one attached hydrogen (secondary N) is 1. The van der Waals surface area contributed by atoms with Crippen LogP contribution in [0.25, 0.3) is 0 Å². The minimum Gasteiger partial charge on any atom is -0.489 e. The molecule has 0 fully saturated rings. The van der Waals surface area contributed by atoms with Crippen LogP contribution in [0.15, 0.2) is 40.9 Å². The summed E-state index contributed by atoms with van der Waals surface area (Å²) >= 11 is 3.47. The number of benzene rings is 2. The summed E-state index contributed by atoms with van der Waals surface area (Å²) in [6.07, 6.45) is 0. The molecule has 2 rings (SSSR count). The molecule has 0 aromatic heterocycles. The quantitative estimate of drug-likeness (QED) is 0.659. The number of halogens is 2. The topological polar surface area (TPSA) is 41.5 Å². The van der Waals surface area contributed by atoms with Crippen molar-refractivity contribution in [1.29, 1.82) is 0 Å². The monoisotopic (exact) mass is 409 g/mol. The molecule has 25 heavy (non-hydrogen) atoms. The Kier molecular flexibility index (Phi) is 6.99. The van der Waals surface area contributed by atoms with Crippen molar-refractivity contribution < 1.29 is 14.2 Å². The van der Waals surface area contributed by atoms with Gasteiger partial charge >= 0.3 is 0 Å². The first-order valence-electron chi connectivity index (χ1n) is 8.33. The Bertz CT molecular complexity index is 713. The predicted octanol–water partition coefficient (Wildman–Crippen LogP) is 4.55. The van der Waals surface area contributed by atoms with Crippen LogP contribution in [-0.4, -0.2) is 18.3 Å². The highest BCUT2D eigenvalue weighted by Gasteiger charge is 2.18. The molecular formula is C20H25BrFNO2. The molecule has 2 N–H and O–H groups in total. The van der Waals surface area contributed by atoms with Crippen LogP contribution < -0.4 is 10.1 Å². The third kappa shape index (κ3) is 5.80. The minimum atomic E-state index is -0.253. The second-order valence-electron chi connectivity index (χ2n) is 7.01. The SMILES string of the molecule is CC(C)(C)c1cc(COc2ccc(Br)cc2CNCCO)ccc1F. The Morgan fingerprint density at radius 3 is 2.60 bits per heavy atom. The summed E-state index contributed by atoms with van der Waals surface area (Å²) in [5, 5.41) is 12.1. The summed E-state index contributed by atoms with van der Waals surface area (Å²) < 4.78 is 21.0. The highest BCUT2D eigenvalue weighted by molar-refractivity contribution is 9.10. The molecule has 2 aromatic rings. The molecule has 0 saturated carbocycles. The van der Waals surface area contributed by atoms with E-state index in [1.807, 2.05) is 45.0 Å². The van der Waals surface area contributed by atoms with E-state index in [9.17, 15) is 4.39 Å². The lowest BCUT2D eigenvalue weighted by Crippen LogP contribution is -2.18. The fourth-order valence-electron chi connectivity index (χ4n) is 2.53. The molecule has 0 aliphatic carbocycles. The molecule has 5 heteroatoms. The van der Waals surface area contributed by atoms with Crippen LogP contribution in [0.1, 0.15) is 37.5 Å². The van der Waals surface area contributed by atoms with Crippen LogP contribution in [-0.2, 0) is 18.6 Å². The van der Waals surface area contributed by atoms with Crippen molar-refractivity contribution in [2.75, 3.05) is 13.2 Å². The van der Waals surface area contributed by atoms with Gasteiger partial charge in [-0.3, -0.25) is 0 Å². The van der Waals surface area contributed by atoms with Crippen molar-refractivity contribution in [2.24, 2.45) is 0 Å². The third-order valence-corrected chi connectivity index (χ3v) is 4.35. The molecule has 0 unspecified atom stereocenters. The van der Waals surface area contributed by atoms with Crippen LogP contribution >= 0.6 is 15.9 Å². The highest BCUT2D eigenvalue weighted by atomic mass is 79.9. The van der Waals surface area contributed by atoms with E-state index in [4.69, 9.17) is 9.84 Å². The average molecular weight is 410 g/mol. The fraction of sp³-hybridized carbons (Fsp3) is 0.400. The summed E-state index contributed by atoms with van der Waals surface area (Å²) in [6, 6.07) is 11.0. The second-order valence-corrected chi connectivity index (χ2v) is 7.92. The molecule has 0 aliphatic rings. The number of hydrogen-bond donors (Lipinski definition) is 2. The number of aliphatic hydroxyl groups excluding tert-OH is 1. The van der Waals surface area contributed by atoms with Crippen LogP contribution in [0.2, 0.25) is 0 Å². The number of ether oxygens (including phenoxy) is 1. The van der Waals surface area contributed by atoms with E-state index in [1.54, 1.807) is 6.07 Å². The maximum atomic E-state index is 14.0. The maximum Gasteiger partial charge on any atom is 0.126 e. The molecule has 0 bridgehead atoms. The van der Waals surface area contributed by atoms with E-state index >= 15 is 0 Å². The van der Waals surface area contributed by atoms with Crippen molar-refractivity contribution in [3.8, 4) is 5.75 Å². The van der Waals surface area contributed by atoms with Crippen LogP contribution in [0.5, 0.6) is 5.75 Å². The first-order valence-corrected chi connectivity index (χ1v) is 9.12. The Morgan fingerprint density at radius 1 is 1.16 bits per heavy atom. The zero-order valence-electron chi connectivity index (χ0n) is 14.9. The molecule has 0 spiro atoms. The van der Waals surface area contributed by atoms with Gasteiger partial charge in [-0.15, -0.1) is 0 Å². The fourth-order valence-corrected chi connectivity index (χ4v) is 2.94. The maximum absolute atomic E-state index is 14.0. The van der Waals surface area contributed by atoms with Gasteiger partial charge in [0.15, 0.2) is 0 Å². The summed E-state index contributed by atoms with van der Waals surface area (Å²) in [5.41, 5.74) is 2.37. The van der Waals surface area contributed by atoms with Crippen LogP contribution in [0.4, 0.5) is 4.39 Å². The van der Waals surface area contributed by atoms with Crippen molar-refractivity contribution in [3.05, 3.63) is 63.4 Å². The van der Waals surface area contributed by atoms with Gasteiger partial charge in [-0.2, -0.15) is 0 Å². The van der Waals surface area contributed by atoms with E-state index in [0.717, 1.165) is 21.3 Å². The van der Waals surface area contributed by atoms with Gasteiger partial charge in [0.2, 0.25) is 0 Å². The zero-order chi connectivity index (χ0) is 18.4. The van der Waals surface area contributed by atoms with E-state index in [0.29, 0.717) is 25.3 Å². The predicted molar refractivity (Wildman–Crippen MR) is 102 cm³/mol. The van der Waals surface area contributed by atoms with Gasteiger partial charge in [0.25, 0.3) is 0 Å². The molecule has 0 saturated heterocycles. The molecule has 0 atom stereocenters. The zero-order valence-corrected chi connectivity index (χ0v) is 16.5. The first kappa shape index (κ1) is 19.9. The van der Waals surface area contributed by atoms with Crippen molar-refractivity contribution in [1.82, 2.24) is 5.32 Å². The Morgan fingerprint density at radius 2 is 1.92 bits per heavy atom. The van der Waals surface area contributed by atoms with E-state index < -0.39 is 0 Å². The van der Waals surface area contributed by atoms with Gasteiger partial charge in [0.05, 0.1) is 6.61 Å². The summed E-state index contributed by atoms with van der Waals surface area (Å²) in [5.74, 6) is 0.587. The molecule has 0 aliphatic heterocycles. The van der Waals surface area contributed by atoms with Crippen LogP contribution in [0.3, 0.4) is 0 Å². The number of hydrogen-bond acceptors (Lipinski definition) is 3. The molecular weight excluding hydrogens is 385 g/mol. The van der Waals surface area contributed by atoms with Crippen molar-refractivity contribution in [3.63, 3.8) is 0 Å². The lowest BCUT2D eigenvalue weighted by atomic mass is 9.86. The molecule has 2 aromatic carbocycles. The standard InChI is InChI=1S/C20H25BrFNO2/c1-20(2,3)17-10-14(4-6-18(17)22)13-25-19-7-5-16(21)11-15(19)12-23-8-9-24/h4-7,10-11,23-24H,8-9,12-13H2,1-3H3. The lowest BCUT2D eigenvalue weighted by Gasteiger charge is -2.21. The highest BCUT2D eigenvalue weighted by Crippen LogP contribution is 2.27. The second kappa shape index (κ2) is 8.79. The van der Waals surface area contributed by atoms with Gasteiger partial charge < -0.3 is 15.2 Å². The Hall–Kier alpha value is -1.43. The minimum absolute atomic E-state index is 0.0926. The van der Waals surface area contributed by atoms with E-state index in [2.05, 4.69) is 21.2 Å². The van der Waals surface area contributed by atoms with Gasteiger partial charge in [-0.25, -0.2) is 4.39 Å². The lowest BCUT2D eigenvalue weighted by molar-refractivity contribution is 0.288. The molecule has 0 heterocycles. The van der Waals surface area contributed by atoms with E-state index in [1.165, 1.54) is 6.07 Å². The number of rotatable bonds is 7. The van der Waals surface area contributed by atoms with Crippen molar-refractivity contribution >= 4 is 15.9 Å². The normalized spacial score (nSPS) is 11.6. The molecule has 3 nitrogen and oxygen atoms in total. The molecule has 0 radical (unpaired) electrons. The number of aliphatic hydroxyl groups is 1. The summed E-state index contributed by atoms with van der Waals surface area (Å²) in [4.78, 5) is 0. The van der Waals surface area contributed by atoms with Gasteiger partial charge in [0, 0.05) is 23.1 Å². The smallest absolute Gasteiger partial charge is 0.126 e. The average Bonchev–Trinajstić information content (AvgIpc) is 2.54. The van der Waals surface area contributed by atoms with E-state index in [-0.39, 0.29) is 17.8 Å². The first-order chi connectivity index (χ1) is 11.8. The molecule has 0 amide bonds. The van der Waals surface area contributed by atoms with Gasteiger partial charge in [-0.1, -0.05) is 42.8 Å². The van der Waals surface area contributed by atoms with Crippen LogP contribution in [0, 0.1) is 5.82 Å². The largest absolute Gasteiger partial charge is 0.489 e. The van der Waals surface area contributed by atoms with Gasteiger partial charge in [0.1, 0.15) is 18.2 Å². The Labute approximate surface area is 157 Å². The van der Waals surface area contributed by atoms with Gasteiger partial charge in [-0.05, 0) is 46.9 Å². The third-order valence-electron chi connectivity index (χ3n) is 3.86. The molecule has 136 valence electrons. The Balaban J connectivity index is 2.13. The summed E-state index contributed by atoms with van der Waals surface area (Å²) in [6.45, 7) is 7.58. The van der Waals surface area contributed by atoms with Crippen molar-refractivity contribution in [2.45, 2.75) is 39.3 Å².